The van der Waals surface area contributed by atoms with E-state index in [2.05, 4.69) is 0 Å². The van der Waals surface area contributed by atoms with Crippen LogP contribution in [0, 0.1) is 6.92 Å². The molecule has 1 heterocycles. The van der Waals surface area contributed by atoms with E-state index in [0.29, 0.717) is 0 Å². The van der Waals surface area contributed by atoms with Crippen LogP contribution in [-0.4, -0.2) is 52.7 Å². The maximum atomic E-state index is 13.1. The molecule has 0 spiro atoms. The van der Waals surface area contributed by atoms with E-state index < -0.39 is 28.6 Å². The number of fused-ring (bicyclic) bond motifs is 3. The van der Waals surface area contributed by atoms with Crippen LogP contribution in [0.1, 0.15) is 5.56 Å². The first-order chi connectivity index (χ1) is 15.3. The quantitative estimate of drug-likeness (QED) is 0.428. The first-order valence-corrected chi connectivity index (χ1v) is 11.6. The number of carboxylic acid groups (broad SMARTS) is 1. The van der Waals surface area contributed by atoms with Crippen molar-refractivity contribution in [3.63, 3.8) is 0 Å². The number of aliphatic carboxylic acids is 1. The van der Waals surface area contributed by atoms with Crippen molar-refractivity contribution in [3.8, 4) is 0 Å². The van der Waals surface area contributed by atoms with Crippen molar-refractivity contribution in [1.29, 1.82) is 0 Å². The summed E-state index contributed by atoms with van der Waals surface area (Å²) >= 11 is 0. The molecule has 0 saturated carbocycles. The molecule has 0 radical (unpaired) electrons. The van der Waals surface area contributed by atoms with Gasteiger partial charge in [-0.1, -0.05) is 54.1 Å². The molecule has 7 nitrogen and oxygen atoms in total. The molecule has 8 heteroatoms. The van der Waals surface area contributed by atoms with Gasteiger partial charge in [0.15, 0.2) is 0 Å². The maximum Gasteiger partial charge on any atom is 0.318 e. The Morgan fingerprint density at radius 2 is 1.47 bits per heavy atom. The summed E-state index contributed by atoms with van der Waals surface area (Å²) in [5.41, 5.74) is 2.72. The smallest absolute Gasteiger partial charge is 0.318 e. The van der Waals surface area contributed by atoms with E-state index in [-0.39, 0.29) is 18.0 Å². The summed E-state index contributed by atoms with van der Waals surface area (Å²) in [4.78, 5) is 11.4. The molecule has 0 aliphatic heterocycles. The monoisotopic (exact) mass is 452 g/mol. The lowest BCUT2D eigenvalue weighted by Gasteiger charge is -2.24. The summed E-state index contributed by atoms with van der Waals surface area (Å²) < 4.78 is 28.9. The third-order valence-electron chi connectivity index (χ3n) is 5.46. The number of para-hydroxylation sites is 2. The van der Waals surface area contributed by atoms with Crippen LogP contribution in [0.5, 0.6) is 0 Å². The molecule has 3 aromatic carbocycles. The fourth-order valence-electron chi connectivity index (χ4n) is 3.96. The minimum absolute atomic E-state index is 0.00610. The van der Waals surface area contributed by atoms with Crippen molar-refractivity contribution in [1.82, 2.24) is 8.87 Å². The number of nitrogens with zero attached hydrogens (tertiary/aromatic N) is 2. The summed E-state index contributed by atoms with van der Waals surface area (Å²) in [6.45, 7) is 0.873. The predicted molar refractivity (Wildman–Crippen MR) is 123 cm³/mol. The van der Waals surface area contributed by atoms with Crippen molar-refractivity contribution in [2.75, 3.05) is 13.1 Å². The van der Waals surface area contributed by atoms with Crippen LogP contribution < -0.4 is 0 Å². The van der Waals surface area contributed by atoms with E-state index in [4.69, 9.17) is 0 Å². The fourth-order valence-corrected chi connectivity index (χ4v) is 5.39. The van der Waals surface area contributed by atoms with E-state index in [0.717, 1.165) is 31.7 Å². The predicted octanol–water partition coefficient (Wildman–Crippen LogP) is 3.24. The summed E-state index contributed by atoms with van der Waals surface area (Å²) in [7, 11) is -4.09. The van der Waals surface area contributed by atoms with E-state index in [1.54, 1.807) is 12.1 Å². The Morgan fingerprint density at radius 3 is 2.00 bits per heavy atom. The van der Waals surface area contributed by atoms with Crippen LogP contribution >= 0.6 is 0 Å². The number of aliphatic hydroxyl groups is 1. The number of aryl methyl sites for hydroxylation is 1. The summed E-state index contributed by atoms with van der Waals surface area (Å²) in [5, 5.41) is 22.2. The summed E-state index contributed by atoms with van der Waals surface area (Å²) in [6.07, 6.45) is -1.12. The summed E-state index contributed by atoms with van der Waals surface area (Å²) in [6, 6.07) is 21.8. The first kappa shape index (κ1) is 22.0. The van der Waals surface area contributed by atoms with Crippen LogP contribution in [0.15, 0.2) is 77.7 Å². The second-order valence-corrected chi connectivity index (χ2v) is 9.74. The molecule has 2 N–H and O–H groups in total. The molecule has 0 amide bonds. The van der Waals surface area contributed by atoms with Crippen molar-refractivity contribution >= 4 is 37.8 Å². The van der Waals surface area contributed by atoms with Crippen molar-refractivity contribution < 1.29 is 23.4 Å². The molecule has 166 valence electrons. The lowest BCUT2D eigenvalue weighted by atomic mass is 10.2. The lowest BCUT2D eigenvalue weighted by Crippen LogP contribution is -2.42. The van der Waals surface area contributed by atoms with Gasteiger partial charge in [0.05, 0.1) is 17.5 Å². The maximum absolute atomic E-state index is 13.1. The Balaban J connectivity index is 1.65. The number of benzene rings is 3. The molecular formula is C24H24N2O5S. The average Bonchev–Trinajstić information content (AvgIpc) is 3.07. The molecule has 0 unspecified atom stereocenters. The van der Waals surface area contributed by atoms with Gasteiger partial charge in [-0.3, -0.25) is 4.79 Å². The number of hydrogen-bond acceptors (Lipinski definition) is 4. The molecular weight excluding hydrogens is 428 g/mol. The highest BCUT2D eigenvalue weighted by molar-refractivity contribution is 7.89. The van der Waals surface area contributed by atoms with Crippen molar-refractivity contribution in [2.45, 2.75) is 24.5 Å². The average molecular weight is 453 g/mol. The normalized spacial score (nSPS) is 13.1. The topological polar surface area (TPSA) is 99.8 Å². The van der Waals surface area contributed by atoms with E-state index in [1.165, 1.54) is 12.1 Å². The number of sulfonamides is 1. The van der Waals surface area contributed by atoms with Crippen LogP contribution in [0.3, 0.4) is 0 Å². The molecule has 4 aromatic rings. The molecule has 4 rings (SSSR count). The zero-order valence-electron chi connectivity index (χ0n) is 17.5. The molecule has 0 saturated heterocycles. The molecule has 0 aliphatic rings. The summed E-state index contributed by atoms with van der Waals surface area (Å²) in [5.74, 6) is -1.29. The number of hydrogen-bond donors (Lipinski definition) is 2. The Bertz CT molecular complexity index is 1320. The largest absolute Gasteiger partial charge is 0.480 e. The zero-order valence-corrected chi connectivity index (χ0v) is 18.4. The molecule has 1 atom stereocenters. The van der Waals surface area contributed by atoms with Crippen LogP contribution in [0.2, 0.25) is 0 Å². The molecule has 0 fully saturated rings. The molecule has 0 bridgehead atoms. The third kappa shape index (κ3) is 4.25. The molecule has 0 aliphatic carbocycles. The second-order valence-electron chi connectivity index (χ2n) is 7.80. The minimum Gasteiger partial charge on any atom is -0.480 e. The van der Waals surface area contributed by atoms with E-state index >= 15 is 0 Å². The van der Waals surface area contributed by atoms with Gasteiger partial charge in [0.2, 0.25) is 10.0 Å². The number of carboxylic acids is 1. The van der Waals surface area contributed by atoms with Gasteiger partial charge in [0.1, 0.15) is 6.54 Å². The zero-order chi connectivity index (χ0) is 22.9. The SMILES string of the molecule is Cc1ccc(S(=O)(=O)N(CC(=O)O)C[C@H](O)Cn2c3ccccc3c3ccccc32)cc1. The van der Waals surface area contributed by atoms with Gasteiger partial charge in [0.25, 0.3) is 0 Å². The van der Waals surface area contributed by atoms with Gasteiger partial charge in [-0.15, -0.1) is 0 Å². The Labute approximate surface area is 186 Å². The van der Waals surface area contributed by atoms with E-state index in [9.17, 15) is 23.4 Å². The van der Waals surface area contributed by atoms with Gasteiger partial charge in [-0.2, -0.15) is 4.31 Å². The minimum atomic E-state index is -4.09. The van der Waals surface area contributed by atoms with Gasteiger partial charge in [-0.25, -0.2) is 8.42 Å². The number of aliphatic hydroxyl groups excluding tert-OH is 1. The highest BCUT2D eigenvalue weighted by atomic mass is 32.2. The van der Waals surface area contributed by atoms with Gasteiger partial charge >= 0.3 is 5.97 Å². The van der Waals surface area contributed by atoms with E-state index in [1.807, 2.05) is 60.0 Å². The molecule has 1 aromatic heterocycles. The first-order valence-electron chi connectivity index (χ1n) is 10.2. The van der Waals surface area contributed by atoms with Gasteiger partial charge in [-0.05, 0) is 31.2 Å². The fraction of sp³-hybridized carbons (Fsp3) is 0.208. The van der Waals surface area contributed by atoms with Gasteiger partial charge < -0.3 is 14.8 Å². The van der Waals surface area contributed by atoms with Gasteiger partial charge in [0, 0.05) is 28.4 Å². The number of rotatable bonds is 8. The number of aromatic nitrogens is 1. The van der Waals surface area contributed by atoms with Crippen LogP contribution in [0.4, 0.5) is 0 Å². The Morgan fingerprint density at radius 1 is 0.938 bits per heavy atom. The third-order valence-corrected chi connectivity index (χ3v) is 7.28. The van der Waals surface area contributed by atoms with Crippen molar-refractivity contribution in [3.05, 3.63) is 78.4 Å². The Kier molecular flexibility index (Phi) is 6.01. The Hall–Kier alpha value is -3.20. The highest BCUT2D eigenvalue weighted by Gasteiger charge is 2.29. The number of carbonyl (C=O) groups is 1. The van der Waals surface area contributed by atoms with Crippen LogP contribution in [-0.2, 0) is 21.4 Å². The lowest BCUT2D eigenvalue weighted by molar-refractivity contribution is -0.137. The van der Waals surface area contributed by atoms with Crippen molar-refractivity contribution in [2.24, 2.45) is 0 Å². The highest BCUT2D eigenvalue weighted by Crippen LogP contribution is 2.29. The molecule has 32 heavy (non-hydrogen) atoms. The second kappa shape index (κ2) is 8.74. The standard InChI is InChI=1S/C24H24N2O5S/c1-17-10-12-19(13-11-17)32(30,31)25(16-24(28)29)14-18(27)15-26-22-8-4-2-6-20(22)21-7-3-5-9-23(21)26/h2-13,18,27H,14-16H2,1H3,(H,28,29)/t18-/m0/s1. The van der Waals surface area contributed by atoms with Crippen LogP contribution in [0.25, 0.3) is 21.8 Å².